The molecule has 7 heteroatoms. The number of nitrogens with zero attached hydrogens (tertiary/aromatic N) is 3. The summed E-state index contributed by atoms with van der Waals surface area (Å²) in [6.07, 6.45) is 2.04. The van der Waals surface area contributed by atoms with Gasteiger partial charge in [0.25, 0.3) is 5.91 Å². The van der Waals surface area contributed by atoms with Gasteiger partial charge in [-0.25, -0.2) is 4.98 Å². The summed E-state index contributed by atoms with van der Waals surface area (Å²) in [6.45, 7) is 6.71. The summed E-state index contributed by atoms with van der Waals surface area (Å²) in [7, 11) is 1.68. The Kier molecular flexibility index (Phi) is 5.82. The third-order valence-electron chi connectivity index (χ3n) is 5.52. The summed E-state index contributed by atoms with van der Waals surface area (Å²) in [5, 5.41) is 0.943. The highest BCUT2D eigenvalue weighted by Gasteiger charge is 2.30. The van der Waals surface area contributed by atoms with Crippen molar-refractivity contribution in [3.63, 3.8) is 0 Å². The van der Waals surface area contributed by atoms with Crippen molar-refractivity contribution in [2.75, 3.05) is 51.4 Å². The van der Waals surface area contributed by atoms with Crippen LogP contribution in [0.15, 0.2) is 24.3 Å². The van der Waals surface area contributed by atoms with Crippen molar-refractivity contribution < 1.29 is 14.3 Å². The molecule has 0 aliphatic carbocycles. The van der Waals surface area contributed by atoms with E-state index in [0.717, 1.165) is 73.7 Å². The molecule has 4 rings (SSSR count). The van der Waals surface area contributed by atoms with E-state index in [2.05, 4.69) is 22.0 Å². The first kappa shape index (κ1) is 19.2. The molecule has 0 N–H and O–H groups in total. The number of rotatable bonds is 5. The Morgan fingerprint density at radius 1 is 1.25 bits per heavy atom. The second-order valence-electron chi connectivity index (χ2n) is 7.47. The number of carbonyl (C=O) groups excluding carboxylic acids is 1. The predicted molar refractivity (Wildman–Crippen MR) is 111 cm³/mol. The van der Waals surface area contributed by atoms with Crippen LogP contribution in [0.5, 0.6) is 5.75 Å². The van der Waals surface area contributed by atoms with Gasteiger partial charge in [-0.2, -0.15) is 0 Å². The lowest BCUT2D eigenvalue weighted by molar-refractivity contribution is 0.0791. The Labute approximate surface area is 170 Å². The van der Waals surface area contributed by atoms with Crippen molar-refractivity contribution in [2.45, 2.75) is 19.8 Å². The van der Waals surface area contributed by atoms with Gasteiger partial charge in [0.1, 0.15) is 10.6 Å². The lowest BCUT2D eigenvalue weighted by Gasteiger charge is -2.26. The van der Waals surface area contributed by atoms with Crippen LogP contribution in [0.4, 0.5) is 5.13 Å². The molecular formula is C21H27N3O3S. The monoisotopic (exact) mass is 401 g/mol. The topological polar surface area (TPSA) is 54.9 Å². The molecule has 1 amide bonds. The van der Waals surface area contributed by atoms with Crippen molar-refractivity contribution >= 4 is 22.4 Å². The molecule has 0 spiro atoms. The Morgan fingerprint density at radius 2 is 2.00 bits per heavy atom. The average molecular weight is 402 g/mol. The van der Waals surface area contributed by atoms with Gasteiger partial charge in [0.15, 0.2) is 5.13 Å². The Hall–Kier alpha value is -2.12. The number of hydrogen-bond donors (Lipinski definition) is 0. The van der Waals surface area contributed by atoms with Crippen LogP contribution in [0.25, 0.3) is 0 Å². The van der Waals surface area contributed by atoms with Crippen LogP contribution in [0.3, 0.4) is 0 Å². The highest BCUT2D eigenvalue weighted by Crippen LogP contribution is 2.30. The van der Waals surface area contributed by atoms with Crippen LogP contribution < -0.4 is 9.64 Å². The van der Waals surface area contributed by atoms with E-state index < -0.39 is 0 Å². The quantitative estimate of drug-likeness (QED) is 0.771. The molecule has 2 aliphatic rings. The first-order valence-corrected chi connectivity index (χ1v) is 10.7. The summed E-state index contributed by atoms with van der Waals surface area (Å²) in [6, 6.07) is 8.23. The number of likely N-dealkylation sites (tertiary alicyclic amines) is 1. The van der Waals surface area contributed by atoms with E-state index >= 15 is 0 Å². The predicted octanol–water partition coefficient (Wildman–Crippen LogP) is 3.00. The first-order valence-electron chi connectivity index (χ1n) is 9.86. The number of morpholine rings is 1. The van der Waals surface area contributed by atoms with Gasteiger partial charge < -0.3 is 19.3 Å². The second-order valence-corrected chi connectivity index (χ2v) is 8.45. The molecule has 1 unspecified atom stereocenters. The normalized spacial score (nSPS) is 19.9. The van der Waals surface area contributed by atoms with E-state index in [1.54, 1.807) is 7.11 Å². The molecule has 0 bridgehead atoms. The summed E-state index contributed by atoms with van der Waals surface area (Å²) in [5.41, 5.74) is 2.14. The SMILES string of the molecule is COc1ccc(CC2CCN(C(=O)c3sc(N4CCOCC4)nc3C)C2)cc1. The maximum absolute atomic E-state index is 13.1. The van der Waals surface area contributed by atoms with E-state index in [1.807, 2.05) is 24.0 Å². The first-order chi connectivity index (χ1) is 13.6. The fourth-order valence-electron chi connectivity index (χ4n) is 3.89. The minimum Gasteiger partial charge on any atom is -0.497 e. The van der Waals surface area contributed by atoms with Crippen LogP contribution >= 0.6 is 11.3 Å². The summed E-state index contributed by atoms with van der Waals surface area (Å²) >= 11 is 1.52. The highest BCUT2D eigenvalue weighted by atomic mass is 32.1. The molecule has 1 aromatic carbocycles. The van der Waals surface area contributed by atoms with E-state index in [1.165, 1.54) is 16.9 Å². The second kappa shape index (κ2) is 8.49. The number of amides is 1. The molecule has 2 aliphatic heterocycles. The van der Waals surface area contributed by atoms with Crippen molar-refractivity contribution in [2.24, 2.45) is 5.92 Å². The zero-order valence-corrected chi connectivity index (χ0v) is 17.3. The zero-order valence-electron chi connectivity index (χ0n) is 16.5. The van der Waals surface area contributed by atoms with Crippen molar-refractivity contribution in [3.8, 4) is 5.75 Å². The number of anilines is 1. The molecule has 6 nitrogen and oxygen atoms in total. The molecule has 2 aromatic rings. The van der Waals surface area contributed by atoms with Gasteiger partial charge >= 0.3 is 0 Å². The number of carbonyl (C=O) groups is 1. The maximum atomic E-state index is 13.1. The molecule has 0 radical (unpaired) electrons. The largest absolute Gasteiger partial charge is 0.497 e. The van der Waals surface area contributed by atoms with E-state index in [0.29, 0.717) is 5.92 Å². The van der Waals surface area contributed by atoms with Crippen molar-refractivity contribution in [3.05, 3.63) is 40.4 Å². The van der Waals surface area contributed by atoms with Gasteiger partial charge in [0.2, 0.25) is 0 Å². The van der Waals surface area contributed by atoms with E-state index in [4.69, 9.17) is 9.47 Å². The molecule has 2 saturated heterocycles. The van der Waals surface area contributed by atoms with Crippen LogP contribution in [-0.4, -0.2) is 62.3 Å². The van der Waals surface area contributed by atoms with Crippen LogP contribution in [0, 0.1) is 12.8 Å². The maximum Gasteiger partial charge on any atom is 0.265 e. The Bertz CT molecular complexity index is 815. The third-order valence-corrected chi connectivity index (χ3v) is 6.72. The Morgan fingerprint density at radius 3 is 2.71 bits per heavy atom. The minimum atomic E-state index is 0.131. The summed E-state index contributed by atoms with van der Waals surface area (Å²) < 4.78 is 10.6. The van der Waals surface area contributed by atoms with Gasteiger partial charge in [0, 0.05) is 26.2 Å². The van der Waals surface area contributed by atoms with Crippen LogP contribution in [0.2, 0.25) is 0 Å². The summed E-state index contributed by atoms with van der Waals surface area (Å²) in [5.74, 6) is 1.51. The van der Waals surface area contributed by atoms with E-state index in [9.17, 15) is 4.79 Å². The lowest BCUT2D eigenvalue weighted by Crippen LogP contribution is -2.36. The number of aryl methyl sites for hydroxylation is 1. The molecular weight excluding hydrogens is 374 g/mol. The number of hydrogen-bond acceptors (Lipinski definition) is 6. The number of aromatic nitrogens is 1. The number of methoxy groups -OCH3 is 1. The van der Waals surface area contributed by atoms with Gasteiger partial charge in [-0.15, -0.1) is 0 Å². The van der Waals surface area contributed by atoms with Crippen molar-refractivity contribution in [1.82, 2.24) is 9.88 Å². The number of ether oxygens (including phenoxy) is 2. The number of thiazole rings is 1. The lowest BCUT2D eigenvalue weighted by atomic mass is 9.99. The van der Waals surface area contributed by atoms with Gasteiger partial charge in [-0.3, -0.25) is 4.79 Å². The fraction of sp³-hybridized carbons (Fsp3) is 0.524. The summed E-state index contributed by atoms with van der Waals surface area (Å²) in [4.78, 5) is 22.7. The molecule has 1 atom stereocenters. The molecule has 1 aromatic heterocycles. The standard InChI is InChI=1S/C21H27N3O3S/c1-15-19(28-21(22-15)23-9-11-27-12-10-23)20(25)24-8-7-17(14-24)13-16-3-5-18(26-2)6-4-16/h3-6,17H,7-14H2,1-2H3. The third kappa shape index (κ3) is 4.15. The zero-order chi connectivity index (χ0) is 19.5. The highest BCUT2D eigenvalue weighted by molar-refractivity contribution is 7.17. The van der Waals surface area contributed by atoms with Crippen molar-refractivity contribution in [1.29, 1.82) is 0 Å². The van der Waals surface area contributed by atoms with E-state index in [-0.39, 0.29) is 5.91 Å². The smallest absolute Gasteiger partial charge is 0.265 e. The molecule has 28 heavy (non-hydrogen) atoms. The Balaban J connectivity index is 1.38. The van der Waals surface area contributed by atoms with Crippen LogP contribution in [0.1, 0.15) is 27.3 Å². The van der Waals surface area contributed by atoms with Crippen LogP contribution in [-0.2, 0) is 11.2 Å². The van der Waals surface area contributed by atoms with Gasteiger partial charge in [-0.05, 0) is 43.4 Å². The average Bonchev–Trinajstić information content (AvgIpc) is 3.35. The minimum absolute atomic E-state index is 0.131. The molecule has 3 heterocycles. The van der Waals surface area contributed by atoms with Gasteiger partial charge in [0.05, 0.1) is 26.0 Å². The fourth-order valence-corrected chi connectivity index (χ4v) is 4.98. The van der Waals surface area contributed by atoms with Gasteiger partial charge in [-0.1, -0.05) is 23.5 Å². The number of benzene rings is 1. The molecule has 150 valence electrons. The molecule has 0 saturated carbocycles. The molecule has 2 fully saturated rings.